The highest BCUT2D eigenvalue weighted by molar-refractivity contribution is 5.94. The third kappa shape index (κ3) is 8.83. The maximum absolute atomic E-state index is 12.8. The molecule has 0 spiro atoms. The van der Waals surface area contributed by atoms with E-state index < -0.39 is 54.1 Å². The fourth-order valence-electron chi connectivity index (χ4n) is 2.76. The van der Waals surface area contributed by atoms with E-state index in [9.17, 15) is 29.1 Å². The summed E-state index contributed by atoms with van der Waals surface area (Å²) >= 11 is 0. The van der Waals surface area contributed by atoms with Crippen LogP contribution in [0.25, 0.3) is 0 Å². The molecule has 4 amide bonds. The number of carboxylic acids is 1. The number of carbonyl (C=O) groups is 5. The van der Waals surface area contributed by atoms with Crippen molar-refractivity contribution in [2.24, 2.45) is 17.4 Å². The minimum Gasteiger partial charge on any atom is -0.480 e. The number of aliphatic carboxylic acids is 1. The van der Waals surface area contributed by atoms with E-state index >= 15 is 0 Å². The second-order valence-electron chi connectivity index (χ2n) is 7.31. The molecule has 1 aromatic rings. The van der Waals surface area contributed by atoms with Crippen LogP contribution in [0.15, 0.2) is 30.3 Å². The SMILES string of the molecule is CC(C)C(NC(=O)CN)C(=O)NC(Cc1ccccc1)C(=O)NC(CC(N)=O)C(=O)O. The molecular formula is C20H29N5O6. The van der Waals surface area contributed by atoms with E-state index in [2.05, 4.69) is 16.0 Å². The first-order chi connectivity index (χ1) is 14.5. The lowest BCUT2D eigenvalue weighted by atomic mass is 10.0. The molecule has 0 aliphatic heterocycles. The van der Waals surface area contributed by atoms with Gasteiger partial charge in [0.25, 0.3) is 0 Å². The summed E-state index contributed by atoms with van der Waals surface area (Å²) in [5, 5.41) is 16.5. The number of primary amides is 1. The first kappa shape index (κ1) is 25.6. The predicted molar refractivity (Wildman–Crippen MR) is 111 cm³/mol. The fourth-order valence-corrected chi connectivity index (χ4v) is 2.76. The standard InChI is InChI=1S/C20H29N5O6/c1-11(2)17(25-16(27)10-21)19(29)23-13(8-12-6-4-3-5-7-12)18(28)24-14(20(30)31)9-15(22)26/h3-7,11,13-14,17H,8-10,21H2,1-2H3,(H2,22,26)(H,23,29)(H,24,28)(H,25,27)(H,30,31). The highest BCUT2D eigenvalue weighted by Crippen LogP contribution is 2.07. The van der Waals surface area contributed by atoms with Gasteiger partial charge in [0.05, 0.1) is 13.0 Å². The number of carboxylic acid groups (broad SMARTS) is 1. The number of rotatable bonds is 12. The molecule has 1 aromatic carbocycles. The summed E-state index contributed by atoms with van der Waals surface area (Å²) < 4.78 is 0. The maximum atomic E-state index is 12.8. The molecule has 8 N–H and O–H groups in total. The zero-order valence-electron chi connectivity index (χ0n) is 17.5. The molecule has 0 radical (unpaired) electrons. The summed E-state index contributed by atoms with van der Waals surface area (Å²) in [7, 11) is 0. The number of carbonyl (C=O) groups excluding carboxylic acids is 4. The Kier molecular flexibility index (Phi) is 10.1. The Morgan fingerprint density at radius 1 is 0.935 bits per heavy atom. The van der Waals surface area contributed by atoms with Crippen LogP contribution in [-0.4, -0.2) is 59.4 Å². The number of nitrogens with two attached hydrogens (primary N) is 2. The van der Waals surface area contributed by atoms with Gasteiger partial charge in [-0.15, -0.1) is 0 Å². The summed E-state index contributed by atoms with van der Waals surface area (Å²) in [6.07, 6.45) is -0.550. The van der Waals surface area contributed by atoms with Crippen LogP contribution in [0.2, 0.25) is 0 Å². The zero-order chi connectivity index (χ0) is 23.6. The molecule has 3 unspecified atom stereocenters. The normalized spacial score (nSPS) is 13.5. The van der Waals surface area contributed by atoms with Gasteiger partial charge in [0.15, 0.2) is 0 Å². The molecule has 0 heterocycles. The Labute approximate surface area is 179 Å². The topological polar surface area (TPSA) is 194 Å². The van der Waals surface area contributed by atoms with Crippen molar-refractivity contribution in [3.63, 3.8) is 0 Å². The number of nitrogens with one attached hydrogen (secondary N) is 3. The van der Waals surface area contributed by atoms with Crippen LogP contribution in [0.1, 0.15) is 25.8 Å². The van der Waals surface area contributed by atoms with Gasteiger partial charge in [-0.3, -0.25) is 19.2 Å². The summed E-state index contributed by atoms with van der Waals surface area (Å²) in [4.78, 5) is 59.7. The third-order valence-electron chi connectivity index (χ3n) is 4.39. The van der Waals surface area contributed by atoms with E-state index in [0.29, 0.717) is 5.56 Å². The number of benzene rings is 1. The average Bonchev–Trinajstić information content (AvgIpc) is 2.70. The van der Waals surface area contributed by atoms with Crippen molar-refractivity contribution >= 4 is 29.6 Å². The van der Waals surface area contributed by atoms with Gasteiger partial charge in [-0.1, -0.05) is 44.2 Å². The molecule has 11 heteroatoms. The van der Waals surface area contributed by atoms with Gasteiger partial charge in [-0.25, -0.2) is 4.79 Å². The predicted octanol–water partition coefficient (Wildman–Crippen LogP) is -1.74. The van der Waals surface area contributed by atoms with Crippen molar-refractivity contribution in [1.82, 2.24) is 16.0 Å². The molecule has 170 valence electrons. The Balaban J connectivity index is 3.08. The van der Waals surface area contributed by atoms with Gasteiger partial charge in [0.1, 0.15) is 18.1 Å². The molecule has 0 bridgehead atoms. The van der Waals surface area contributed by atoms with Crippen molar-refractivity contribution in [3.05, 3.63) is 35.9 Å². The van der Waals surface area contributed by atoms with Crippen LogP contribution >= 0.6 is 0 Å². The van der Waals surface area contributed by atoms with Gasteiger partial charge in [0, 0.05) is 6.42 Å². The molecule has 0 fully saturated rings. The number of hydrogen-bond acceptors (Lipinski definition) is 6. The first-order valence-electron chi connectivity index (χ1n) is 9.70. The number of amides is 4. The van der Waals surface area contributed by atoms with E-state index in [-0.39, 0.29) is 18.9 Å². The van der Waals surface area contributed by atoms with E-state index in [1.54, 1.807) is 44.2 Å². The first-order valence-corrected chi connectivity index (χ1v) is 9.70. The number of hydrogen-bond donors (Lipinski definition) is 6. The van der Waals surface area contributed by atoms with Crippen LogP contribution in [0.3, 0.4) is 0 Å². The molecule has 11 nitrogen and oxygen atoms in total. The van der Waals surface area contributed by atoms with Crippen LogP contribution in [-0.2, 0) is 30.4 Å². The van der Waals surface area contributed by atoms with Crippen LogP contribution in [0, 0.1) is 5.92 Å². The van der Waals surface area contributed by atoms with Crippen molar-refractivity contribution in [3.8, 4) is 0 Å². The van der Waals surface area contributed by atoms with E-state index in [0.717, 1.165) is 0 Å². The van der Waals surface area contributed by atoms with Gasteiger partial charge in [0.2, 0.25) is 23.6 Å². The lowest BCUT2D eigenvalue weighted by Crippen LogP contribution is -2.58. The molecule has 0 saturated carbocycles. The Bertz CT molecular complexity index is 799. The van der Waals surface area contributed by atoms with Gasteiger partial charge < -0.3 is 32.5 Å². The average molecular weight is 435 g/mol. The molecular weight excluding hydrogens is 406 g/mol. The summed E-state index contributed by atoms with van der Waals surface area (Å²) in [6, 6.07) is 5.08. The Morgan fingerprint density at radius 2 is 1.52 bits per heavy atom. The molecule has 1 rings (SSSR count). The van der Waals surface area contributed by atoms with Crippen LogP contribution < -0.4 is 27.4 Å². The molecule has 3 atom stereocenters. The summed E-state index contributed by atoms with van der Waals surface area (Å²) in [5.41, 5.74) is 11.0. The molecule has 0 aliphatic carbocycles. The monoisotopic (exact) mass is 435 g/mol. The fraction of sp³-hybridized carbons (Fsp3) is 0.450. The molecule has 0 aliphatic rings. The quantitative estimate of drug-likeness (QED) is 0.224. The third-order valence-corrected chi connectivity index (χ3v) is 4.39. The maximum Gasteiger partial charge on any atom is 0.326 e. The molecule has 0 saturated heterocycles. The van der Waals surface area contributed by atoms with Crippen molar-refractivity contribution in [2.45, 2.75) is 44.8 Å². The lowest BCUT2D eigenvalue weighted by molar-refractivity contribution is -0.143. The molecule has 0 aromatic heterocycles. The van der Waals surface area contributed by atoms with E-state index in [4.69, 9.17) is 11.5 Å². The zero-order valence-corrected chi connectivity index (χ0v) is 17.5. The Hall–Kier alpha value is -3.47. The minimum absolute atomic E-state index is 0.0526. The van der Waals surface area contributed by atoms with Gasteiger partial charge in [-0.2, -0.15) is 0 Å². The van der Waals surface area contributed by atoms with Crippen molar-refractivity contribution < 1.29 is 29.1 Å². The van der Waals surface area contributed by atoms with Crippen molar-refractivity contribution in [1.29, 1.82) is 0 Å². The second kappa shape index (κ2) is 12.3. The highest BCUT2D eigenvalue weighted by Gasteiger charge is 2.31. The second-order valence-corrected chi connectivity index (χ2v) is 7.31. The van der Waals surface area contributed by atoms with Crippen LogP contribution in [0.5, 0.6) is 0 Å². The largest absolute Gasteiger partial charge is 0.480 e. The smallest absolute Gasteiger partial charge is 0.326 e. The Morgan fingerprint density at radius 3 is 2.00 bits per heavy atom. The summed E-state index contributed by atoms with van der Waals surface area (Å²) in [6.45, 7) is 3.11. The van der Waals surface area contributed by atoms with Crippen molar-refractivity contribution in [2.75, 3.05) is 6.54 Å². The van der Waals surface area contributed by atoms with E-state index in [1.165, 1.54) is 0 Å². The van der Waals surface area contributed by atoms with Crippen LogP contribution in [0.4, 0.5) is 0 Å². The minimum atomic E-state index is -1.54. The lowest BCUT2D eigenvalue weighted by Gasteiger charge is -2.26. The molecule has 31 heavy (non-hydrogen) atoms. The van der Waals surface area contributed by atoms with E-state index in [1.807, 2.05) is 0 Å². The van der Waals surface area contributed by atoms with Gasteiger partial charge in [-0.05, 0) is 11.5 Å². The summed E-state index contributed by atoms with van der Waals surface area (Å²) in [5.74, 6) is -4.62. The van der Waals surface area contributed by atoms with Gasteiger partial charge >= 0.3 is 5.97 Å². The highest BCUT2D eigenvalue weighted by atomic mass is 16.4.